The Bertz CT molecular complexity index is 600. The van der Waals surface area contributed by atoms with E-state index in [9.17, 15) is 14.3 Å². The summed E-state index contributed by atoms with van der Waals surface area (Å²) in [6, 6.07) is 2.41. The number of nitrogens with zero attached hydrogens (tertiary/aromatic N) is 1. The molecule has 2 aromatic rings. The molecule has 0 aliphatic heterocycles. The average Bonchev–Trinajstić information content (AvgIpc) is 2.23. The first-order valence-corrected chi connectivity index (χ1v) is 5.00. The van der Waals surface area contributed by atoms with Crippen LogP contribution in [0.4, 0.5) is 4.39 Å². The van der Waals surface area contributed by atoms with Gasteiger partial charge in [0.15, 0.2) is 0 Å². The number of aromatic nitrogens is 1. The molecule has 0 saturated heterocycles. The number of carboxylic acids is 1. The molecule has 82 valence electrons. The van der Waals surface area contributed by atoms with Crippen LogP contribution in [0.5, 0.6) is 5.75 Å². The quantitative estimate of drug-likeness (QED) is 0.845. The van der Waals surface area contributed by atoms with Crippen LogP contribution in [-0.2, 0) is 0 Å². The Morgan fingerprint density at radius 3 is 2.75 bits per heavy atom. The summed E-state index contributed by atoms with van der Waals surface area (Å²) < 4.78 is 13.2. The van der Waals surface area contributed by atoms with Crippen molar-refractivity contribution in [3.05, 3.63) is 34.2 Å². The van der Waals surface area contributed by atoms with Crippen molar-refractivity contribution in [1.82, 2.24) is 4.98 Å². The lowest BCUT2D eigenvalue weighted by molar-refractivity contribution is 0.0693. The molecule has 0 aliphatic carbocycles. The van der Waals surface area contributed by atoms with Gasteiger partial charge in [0.2, 0.25) is 0 Å². The first-order chi connectivity index (χ1) is 7.52. The van der Waals surface area contributed by atoms with Gasteiger partial charge in [-0.1, -0.05) is 0 Å². The number of benzene rings is 1. The van der Waals surface area contributed by atoms with Crippen LogP contribution in [0.2, 0.25) is 0 Å². The third kappa shape index (κ3) is 1.51. The van der Waals surface area contributed by atoms with Crippen molar-refractivity contribution in [3.63, 3.8) is 0 Å². The van der Waals surface area contributed by atoms with Gasteiger partial charge >= 0.3 is 5.97 Å². The predicted octanol–water partition coefficient (Wildman–Crippen LogP) is 2.54. The van der Waals surface area contributed by atoms with Crippen molar-refractivity contribution in [2.24, 2.45) is 0 Å². The first kappa shape index (κ1) is 10.8. The Hall–Kier alpha value is -1.69. The Morgan fingerprint density at radius 1 is 1.44 bits per heavy atom. The summed E-state index contributed by atoms with van der Waals surface area (Å²) in [5.74, 6) is -2.23. The van der Waals surface area contributed by atoms with Crippen LogP contribution < -0.4 is 0 Å². The summed E-state index contributed by atoms with van der Waals surface area (Å²) in [5, 5.41) is 18.6. The zero-order chi connectivity index (χ0) is 11.9. The summed E-state index contributed by atoms with van der Waals surface area (Å²) in [7, 11) is 0. The molecule has 2 rings (SSSR count). The second-order valence-corrected chi connectivity index (χ2v) is 3.88. The minimum absolute atomic E-state index is 0.0947. The Labute approximate surface area is 97.5 Å². The minimum Gasteiger partial charge on any atom is -0.506 e. The van der Waals surface area contributed by atoms with Crippen molar-refractivity contribution >= 4 is 32.8 Å². The maximum absolute atomic E-state index is 13.2. The molecule has 1 heterocycles. The summed E-state index contributed by atoms with van der Waals surface area (Å²) in [6.45, 7) is 0. The zero-order valence-corrected chi connectivity index (χ0v) is 9.32. The van der Waals surface area contributed by atoms with Crippen molar-refractivity contribution in [2.45, 2.75) is 0 Å². The zero-order valence-electron chi connectivity index (χ0n) is 7.74. The van der Waals surface area contributed by atoms with E-state index >= 15 is 0 Å². The number of fused-ring (bicyclic) bond motifs is 1. The number of halogens is 2. The smallest absolute Gasteiger partial charge is 0.341 e. The summed E-state index contributed by atoms with van der Waals surface area (Å²) in [4.78, 5) is 14.5. The van der Waals surface area contributed by atoms with Gasteiger partial charge in [-0.3, -0.25) is 4.98 Å². The van der Waals surface area contributed by atoms with Crippen molar-refractivity contribution in [1.29, 1.82) is 0 Å². The number of hydrogen-bond donors (Lipinski definition) is 2. The normalized spacial score (nSPS) is 10.6. The molecule has 0 radical (unpaired) electrons. The van der Waals surface area contributed by atoms with Crippen LogP contribution in [0.3, 0.4) is 0 Å². The number of rotatable bonds is 1. The molecule has 0 spiro atoms. The molecule has 0 bridgehead atoms. The largest absolute Gasteiger partial charge is 0.506 e. The lowest BCUT2D eigenvalue weighted by Crippen LogP contribution is -1.99. The number of aromatic carboxylic acids is 1. The summed E-state index contributed by atoms with van der Waals surface area (Å²) in [6.07, 6.45) is 0.990. The molecule has 2 N–H and O–H groups in total. The topological polar surface area (TPSA) is 70.4 Å². The Kier molecular flexibility index (Phi) is 2.51. The SMILES string of the molecule is O=C(O)c1cnc2c(Br)c(F)ccc2c1O. The summed E-state index contributed by atoms with van der Waals surface area (Å²) in [5.41, 5.74) is -0.131. The molecule has 0 aliphatic rings. The molecular formula is C10H5BrFNO3. The van der Waals surface area contributed by atoms with Crippen LogP contribution in [0.15, 0.2) is 22.8 Å². The standard InChI is InChI=1S/C10H5BrFNO3/c11-7-6(12)2-1-4-8(7)13-3-5(9(4)14)10(15)16/h1-3H,(H,13,14)(H,15,16). The Morgan fingerprint density at radius 2 is 2.12 bits per heavy atom. The van der Waals surface area contributed by atoms with Crippen LogP contribution in [0.1, 0.15) is 10.4 Å². The van der Waals surface area contributed by atoms with Gasteiger partial charge < -0.3 is 10.2 Å². The van der Waals surface area contributed by atoms with Gasteiger partial charge in [-0.25, -0.2) is 9.18 Å². The number of hydrogen-bond acceptors (Lipinski definition) is 3. The molecule has 4 nitrogen and oxygen atoms in total. The molecule has 0 unspecified atom stereocenters. The molecule has 0 fully saturated rings. The number of pyridine rings is 1. The highest BCUT2D eigenvalue weighted by atomic mass is 79.9. The lowest BCUT2D eigenvalue weighted by Gasteiger charge is -2.05. The van der Waals surface area contributed by atoms with Gasteiger partial charge in [0, 0.05) is 11.6 Å². The molecule has 0 saturated carbocycles. The fourth-order valence-corrected chi connectivity index (χ4v) is 1.80. The first-order valence-electron chi connectivity index (χ1n) is 4.21. The number of carboxylic acid groups (broad SMARTS) is 1. The van der Waals surface area contributed by atoms with Crippen LogP contribution in [0, 0.1) is 5.82 Å². The highest BCUT2D eigenvalue weighted by Crippen LogP contribution is 2.32. The van der Waals surface area contributed by atoms with Crippen LogP contribution >= 0.6 is 15.9 Å². The van der Waals surface area contributed by atoms with E-state index < -0.39 is 17.5 Å². The molecular weight excluding hydrogens is 281 g/mol. The molecule has 0 amide bonds. The van der Waals surface area contributed by atoms with E-state index in [1.54, 1.807) is 0 Å². The highest BCUT2D eigenvalue weighted by molar-refractivity contribution is 9.10. The average molecular weight is 286 g/mol. The Balaban J connectivity index is 2.87. The third-order valence-electron chi connectivity index (χ3n) is 2.13. The molecule has 1 aromatic heterocycles. The van der Waals surface area contributed by atoms with Crippen molar-refractivity contribution < 1.29 is 19.4 Å². The molecule has 1 aromatic carbocycles. The molecule has 6 heteroatoms. The van der Waals surface area contributed by atoms with Crippen LogP contribution in [-0.4, -0.2) is 21.2 Å². The van der Waals surface area contributed by atoms with Crippen molar-refractivity contribution in [2.75, 3.05) is 0 Å². The molecule has 16 heavy (non-hydrogen) atoms. The summed E-state index contributed by atoms with van der Waals surface area (Å²) >= 11 is 2.98. The van der Waals surface area contributed by atoms with Gasteiger partial charge in [0.1, 0.15) is 17.1 Å². The number of carbonyl (C=O) groups is 1. The number of aromatic hydroxyl groups is 1. The van der Waals surface area contributed by atoms with E-state index in [0.717, 1.165) is 12.3 Å². The maximum Gasteiger partial charge on any atom is 0.341 e. The second-order valence-electron chi connectivity index (χ2n) is 3.08. The third-order valence-corrected chi connectivity index (χ3v) is 2.89. The van der Waals surface area contributed by atoms with Gasteiger partial charge in [-0.2, -0.15) is 0 Å². The van der Waals surface area contributed by atoms with E-state index in [2.05, 4.69) is 20.9 Å². The lowest BCUT2D eigenvalue weighted by atomic mass is 10.1. The van der Waals surface area contributed by atoms with Gasteiger partial charge in [-0.05, 0) is 28.1 Å². The van der Waals surface area contributed by atoms with E-state index in [-0.39, 0.29) is 20.9 Å². The van der Waals surface area contributed by atoms with E-state index in [0.29, 0.717) is 0 Å². The predicted molar refractivity (Wildman–Crippen MR) is 58.0 cm³/mol. The van der Waals surface area contributed by atoms with E-state index in [1.165, 1.54) is 6.07 Å². The monoisotopic (exact) mass is 285 g/mol. The fourth-order valence-electron chi connectivity index (χ4n) is 1.35. The second kappa shape index (κ2) is 3.71. The maximum atomic E-state index is 13.2. The molecule has 0 atom stereocenters. The van der Waals surface area contributed by atoms with Gasteiger partial charge in [0.05, 0.1) is 9.99 Å². The van der Waals surface area contributed by atoms with Gasteiger partial charge in [-0.15, -0.1) is 0 Å². The van der Waals surface area contributed by atoms with E-state index in [1.807, 2.05) is 0 Å². The minimum atomic E-state index is -1.28. The van der Waals surface area contributed by atoms with Gasteiger partial charge in [0.25, 0.3) is 0 Å². The highest BCUT2D eigenvalue weighted by Gasteiger charge is 2.16. The van der Waals surface area contributed by atoms with Crippen LogP contribution in [0.25, 0.3) is 10.9 Å². The van der Waals surface area contributed by atoms with Crippen molar-refractivity contribution in [3.8, 4) is 5.75 Å². The van der Waals surface area contributed by atoms with E-state index in [4.69, 9.17) is 5.11 Å². The fraction of sp³-hybridized carbons (Fsp3) is 0.